The first-order chi connectivity index (χ1) is 13.1. The van der Waals surface area contributed by atoms with Gasteiger partial charge in [0.1, 0.15) is 17.1 Å². The van der Waals surface area contributed by atoms with Crippen LogP contribution in [0.15, 0.2) is 6.07 Å². The van der Waals surface area contributed by atoms with Gasteiger partial charge in [-0.25, -0.2) is 4.79 Å². The average Bonchev–Trinajstić information content (AvgIpc) is 2.69. The number of hydrogen-bond donors (Lipinski definition) is 3. The Hall–Kier alpha value is -1.75. The molecular weight excluding hydrogens is 354 g/mol. The molecule has 156 valence electrons. The third-order valence-corrected chi connectivity index (χ3v) is 7.16. The number of aryl methyl sites for hydroxylation is 1. The summed E-state index contributed by atoms with van der Waals surface area (Å²) < 4.78 is 6.19. The van der Waals surface area contributed by atoms with E-state index in [0.717, 1.165) is 38.5 Å². The molecule has 1 aliphatic carbocycles. The van der Waals surface area contributed by atoms with Crippen LogP contribution in [0.1, 0.15) is 93.6 Å². The Kier molecular flexibility index (Phi) is 5.68. The van der Waals surface area contributed by atoms with Crippen molar-refractivity contribution in [2.24, 2.45) is 17.1 Å². The number of carbonyl (C=O) groups is 1. The molecule has 0 aromatic heterocycles. The molecule has 1 fully saturated rings. The molecular formula is C23H35NO4. The number of aromatic hydroxyl groups is 1. The van der Waals surface area contributed by atoms with Gasteiger partial charge < -0.3 is 20.7 Å². The maximum Gasteiger partial charge on any atom is 0.339 e. The summed E-state index contributed by atoms with van der Waals surface area (Å²) in [6.45, 7) is 9.02. The zero-order valence-corrected chi connectivity index (χ0v) is 17.7. The van der Waals surface area contributed by atoms with Crippen molar-refractivity contribution in [1.82, 2.24) is 0 Å². The third-order valence-electron chi connectivity index (χ3n) is 7.16. The molecule has 1 saturated carbocycles. The Morgan fingerprint density at radius 3 is 2.71 bits per heavy atom. The lowest BCUT2D eigenvalue weighted by Crippen LogP contribution is -2.60. The SMILES string of the molecule is CCCCCc1cc2c(c(O)c1C(=O)O)C1CC(C)CCC1(N)C(C)(C)CO2. The number of aromatic carboxylic acids is 1. The van der Waals surface area contributed by atoms with E-state index in [2.05, 4.69) is 27.7 Å². The number of nitrogens with two attached hydrogens (primary N) is 1. The minimum absolute atomic E-state index is 0.0266. The van der Waals surface area contributed by atoms with Crippen molar-refractivity contribution >= 4 is 5.97 Å². The third kappa shape index (κ3) is 3.38. The molecule has 2 aliphatic rings. The topological polar surface area (TPSA) is 92.8 Å². The van der Waals surface area contributed by atoms with E-state index < -0.39 is 11.5 Å². The van der Waals surface area contributed by atoms with Gasteiger partial charge in [0.2, 0.25) is 0 Å². The molecule has 0 saturated heterocycles. The van der Waals surface area contributed by atoms with Crippen molar-refractivity contribution in [2.75, 3.05) is 6.61 Å². The highest BCUT2D eigenvalue weighted by atomic mass is 16.5. The second kappa shape index (κ2) is 7.58. The second-order valence-electron chi connectivity index (χ2n) is 9.58. The van der Waals surface area contributed by atoms with E-state index in [1.165, 1.54) is 0 Å². The zero-order valence-electron chi connectivity index (χ0n) is 17.7. The zero-order chi connectivity index (χ0) is 20.7. The highest BCUT2D eigenvalue weighted by Gasteiger charge is 2.54. The Morgan fingerprint density at radius 1 is 1.36 bits per heavy atom. The minimum atomic E-state index is -1.08. The number of rotatable bonds is 5. The van der Waals surface area contributed by atoms with Crippen LogP contribution in [-0.4, -0.2) is 28.3 Å². The number of unbranched alkanes of at least 4 members (excludes halogenated alkanes) is 2. The molecule has 0 radical (unpaired) electrons. The van der Waals surface area contributed by atoms with Crippen LogP contribution in [0.5, 0.6) is 11.5 Å². The lowest BCUT2D eigenvalue weighted by molar-refractivity contribution is 0.0451. The first-order valence-corrected chi connectivity index (χ1v) is 10.7. The van der Waals surface area contributed by atoms with Crippen LogP contribution < -0.4 is 10.5 Å². The number of carboxylic acids is 1. The summed E-state index contributed by atoms with van der Waals surface area (Å²) in [5, 5.41) is 21.0. The molecule has 4 N–H and O–H groups in total. The number of ether oxygens (including phenoxy) is 1. The first kappa shape index (κ1) is 21.0. The quantitative estimate of drug-likeness (QED) is 0.627. The van der Waals surface area contributed by atoms with Crippen LogP contribution in [0.3, 0.4) is 0 Å². The lowest BCUT2D eigenvalue weighted by atomic mass is 9.57. The van der Waals surface area contributed by atoms with E-state index in [1.54, 1.807) is 0 Å². The molecule has 3 unspecified atom stereocenters. The minimum Gasteiger partial charge on any atom is -0.507 e. The highest BCUT2D eigenvalue weighted by Crippen LogP contribution is 2.57. The molecule has 0 amide bonds. The van der Waals surface area contributed by atoms with Crippen LogP contribution in [0, 0.1) is 11.3 Å². The molecule has 0 spiro atoms. The summed E-state index contributed by atoms with van der Waals surface area (Å²) in [4.78, 5) is 12.0. The van der Waals surface area contributed by atoms with Crippen molar-refractivity contribution in [2.45, 2.75) is 84.1 Å². The van der Waals surface area contributed by atoms with Crippen LogP contribution in [-0.2, 0) is 6.42 Å². The van der Waals surface area contributed by atoms with E-state index in [0.29, 0.717) is 35.8 Å². The number of hydrogen-bond acceptors (Lipinski definition) is 4. The van der Waals surface area contributed by atoms with E-state index >= 15 is 0 Å². The summed E-state index contributed by atoms with van der Waals surface area (Å²) in [5.41, 5.74) is 7.48. The Morgan fingerprint density at radius 2 is 2.07 bits per heavy atom. The number of carboxylic acid groups (broad SMARTS) is 1. The van der Waals surface area contributed by atoms with Crippen molar-refractivity contribution in [3.8, 4) is 11.5 Å². The standard InChI is InChI=1S/C23H35NO4/c1-5-6-7-8-15-12-17-19(20(25)18(15)21(26)27)16-11-14(2)9-10-23(16,24)22(3,4)13-28-17/h12,14,16,25H,5-11,13,24H2,1-4H3,(H,26,27). The van der Waals surface area contributed by atoms with E-state index in [1.807, 2.05) is 6.07 Å². The van der Waals surface area contributed by atoms with Crippen LogP contribution in [0.4, 0.5) is 0 Å². The van der Waals surface area contributed by atoms with Gasteiger partial charge in [0, 0.05) is 22.4 Å². The predicted octanol–water partition coefficient (Wildman–Crippen LogP) is 4.84. The summed E-state index contributed by atoms with van der Waals surface area (Å²) in [6, 6.07) is 1.86. The molecule has 28 heavy (non-hydrogen) atoms. The Labute approximate surface area is 168 Å². The van der Waals surface area contributed by atoms with Crippen molar-refractivity contribution in [3.05, 3.63) is 22.8 Å². The Balaban J connectivity index is 2.18. The molecule has 1 aromatic rings. The largest absolute Gasteiger partial charge is 0.507 e. The predicted molar refractivity (Wildman–Crippen MR) is 110 cm³/mol. The second-order valence-corrected chi connectivity index (χ2v) is 9.58. The smallest absolute Gasteiger partial charge is 0.339 e. The Bertz CT molecular complexity index is 757. The number of fused-ring (bicyclic) bond motifs is 3. The molecule has 3 rings (SSSR count). The van der Waals surface area contributed by atoms with Crippen molar-refractivity contribution < 1.29 is 19.7 Å². The van der Waals surface area contributed by atoms with Crippen molar-refractivity contribution in [3.63, 3.8) is 0 Å². The first-order valence-electron chi connectivity index (χ1n) is 10.7. The monoisotopic (exact) mass is 389 g/mol. The van der Waals surface area contributed by atoms with Gasteiger partial charge in [0.05, 0.1) is 6.61 Å². The fourth-order valence-corrected chi connectivity index (χ4v) is 5.14. The van der Waals surface area contributed by atoms with Gasteiger partial charge in [-0.1, -0.05) is 40.5 Å². The fourth-order valence-electron chi connectivity index (χ4n) is 5.14. The molecule has 5 heteroatoms. The molecule has 1 aromatic carbocycles. The molecule has 5 nitrogen and oxygen atoms in total. The van der Waals surface area contributed by atoms with Gasteiger partial charge in [0.15, 0.2) is 0 Å². The molecule has 3 atom stereocenters. The number of benzene rings is 1. The van der Waals surface area contributed by atoms with E-state index in [9.17, 15) is 15.0 Å². The van der Waals surface area contributed by atoms with Gasteiger partial charge in [0.25, 0.3) is 0 Å². The van der Waals surface area contributed by atoms with Gasteiger partial charge in [-0.15, -0.1) is 0 Å². The van der Waals surface area contributed by atoms with Crippen LogP contribution in [0.25, 0.3) is 0 Å². The normalized spacial score (nSPS) is 28.6. The maximum atomic E-state index is 12.0. The average molecular weight is 390 g/mol. The van der Waals surface area contributed by atoms with Gasteiger partial charge >= 0.3 is 5.97 Å². The fraction of sp³-hybridized carbons (Fsp3) is 0.696. The van der Waals surface area contributed by atoms with Gasteiger partial charge in [-0.05, 0) is 49.7 Å². The van der Waals surface area contributed by atoms with Crippen LogP contribution >= 0.6 is 0 Å². The van der Waals surface area contributed by atoms with E-state index in [-0.39, 0.29) is 22.6 Å². The summed E-state index contributed by atoms with van der Waals surface area (Å²) in [7, 11) is 0. The van der Waals surface area contributed by atoms with Gasteiger partial charge in [-0.2, -0.15) is 0 Å². The number of phenols is 1. The maximum absolute atomic E-state index is 12.0. The van der Waals surface area contributed by atoms with E-state index in [4.69, 9.17) is 10.5 Å². The summed E-state index contributed by atoms with van der Waals surface area (Å²) in [6.07, 6.45) is 6.30. The highest BCUT2D eigenvalue weighted by molar-refractivity contribution is 5.94. The summed E-state index contributed by atoms with van der Waals surface area (Å²) in [5.74, 6) is -0.245. The lowest BCUT2D eigenvalue weighted by Gasteiger charge is -2.51. The molecule has 0 bridgehead atoms. The molecule has 1 heterocycles. The van der Waals surface area contributed by atoms with Gasteiger partial charge in [-0.3, -0.25) is 0 Å². The molecule has 1 aliphatic heterocycles. The van der Waals surface area contributed by atoms with Crippen molar-refractivity contribution in [1.29, 1.82) is 0 Å². The summed E-state index contributed by atoms with van der Waals surface area (Å²) >= 11 is 0. The van der Waals surface area contributed by atoms with Crippen LogP contribution in [0.2, 0.25) is 0 Å².